The summed E-state index contributed by atoms with van der Waals surface area (Å²) in [6.07, 6.45) is 0.917. The van der Waals surface area contributed by atoms with Crippen molar-refractivity contribution in [1.29, 1.82) is 0 Å². The molecule has 1 amide bonds. The molecule has 0 saturated heterocycles. The number of anilines is 1. The number of carboxylic acids is 1. The van der Waals surface area contributed by atoms with Crippen molar-refractivity contribution in [3.63, 3.8) is 0 Å². The zero-order chi connectivity index (χ0) is 16.1. The molecule has 4 nitrogen and oxygen atoms in total. The Hall–Kier alpha value is -2.33. The van der Waals surface area contributed by atoms with Gasteiger partial charge in [0.05, 0.1) is 16.3 Å². The molecule has 0 unspecified atom stereocenters. The van der Waals surface area contributed by atoms with E-state index in [9.17, 15) is 9.59 Å². The van der Waals surface area contributed by atoms with Crippen molar-refractivity contribution >= 4 is 29.2 Å². The fraction of sp³-hybridized carbons (Fsp3) is 0.176. The molecular weight excluding hydrogens is 302 g/mol. The normalized spacial score (nSPS) is 10.3. The van der Waals surface area contributed by atoms with Crippen LogP contribution in [0, 0.1) is 6.92 Å². The van der Waals surface area contributed by atoms with Crippen LogP contribution in [0.3, 0.4) is 0 Å². The summed E-state index contributed by atoms with van der Waals surface area (Å²) >= 11 is 5.98. The zero-order valence-corrected chi connectivity index (χ0v) is 12.9. The fourth-order valence-corrected chi connectivity index (χ4v) is 2.26. The van der Waals surface area contributed by atoms with Crippen LogP contribution in [0.1, 0.15) is 27.9 Å². The molecule has 0 heterocycles. The molecule has 0 atom stereocenters. The molecule has 2 N–H and O–H groups in total. The molecule has 22 heavy (non-hydrogen) atoms. The Kier molecular flexibility index (Phi) is 5.17. The van der Waals surface area contributed by atoms with Gasteiger partial charge in [-0.15, -0.1) is 0 Å². The molecule has 0 aromatic heterocycles. The first kappa shape index (κ1) is 16.0. The van der Waals surface area contributed by atoms with Gasteiger partial charge in [0.2, 0.25) is 5.91 Å². The summed E-state index contributed by atoms with van der Waals surface area (Å²) in [5, 5.41) is 11.9. The van der Waals surface area contributed by atoms with Gasteiger partial charge in [-0.1, -0.05) is 41.4 Å². The number of amides is 1. The predicted molar refractivity (Wildman–Crippen MR) is 86.5 cm³/mol. The standard InChI is InChI=1S/C17H16ClNO3/c1-11-3-2-4-12(9-11)5-8-16(20)19-15-10-13(17(21)22)6-7-14(15)18/h2-4,6-7,9-10H,5,8H2,1H3,(H,19,20)(H,21,22). The minimum Gasteiger partial charge on any atom is -0.478 e. The Morgan fingerprint density at radius 2 is 1.95 bits per heavy atom. The van der Waals surface area contributed by atoms with E-state index in [0.717, 1.165) is 11.1 Å². The highest BCUT2D eigenvalue weighted by molar-refractivity contribution is 6.33. The Labute approximate surface area is 133 Å². The van der Waals surface area contributed by atoms with E-state index in [4.69, 9.17) is 16.7 Å². The van der Waals surface area contributed by atoms with Gasteiger partial charge in [-0.2, -0.15) is 0 Å². The van der Waals surface area contributed by atoms with Gasteiger partial charge in [-0.3, -0.25) is 4.79 Å². The molecule has 2 rings (SSSR count). The van der Waals surface area contributed by atoms with Crippen LogP contribution in [0.4, 0.5) is 5.69 Å². The number of carboxylic acid groups (broad SMARTS) is 1. The second kappa shape index (κ2) is 7.09. The number of rotatable bonds is 5. The summed E-state index contributed by atoms with van der Waals surface area (Å²) in [7, 11) is 0. The average Bonchev–Trinajstić information content (AvgIpc) is 2.47. The maximum Gasteiger partial charge on any atom is 0.335 e. The van der Waals surface area contributed by atoms with Crippen molar-refractivity contribution in [2.45, 2.75) is 19.8 Å². The van der Waals surface area contributed by atoms with Crippen LogP contribution in [0.5, 0.6) is 0 Å². The summed E-state index contributed by atoms with van der Waals surface area (Å²) in [5.41, 5.74) is 2.63. The van der Waals surface area contributed by atoms with Gasteiger partial charge >= 0.3 is 5.97 Å². The summed E-state index contributed by atoms with van der Waals surface area (Å²) < 4.78 is 0. The molecule has 0 aliphatic rings. The van der Waals surface area contributed by atoms with Gasteiger partial charge in [-0.05, 0) is 37.1 Å². The Bertz CT molecular complexity index is 713. The van der Waals surface area contributed by atoms with Crippen molar-refractivity contribution < 1.29 is 14.7 Å². The molecule has 0 spiro atoms. The van der Waals surface area contributed by atoms with Crippen LogP contribution in [0.25, 0.3) is 0 Å². The van der Waals surface area contributed by atoms with Gasteiger partial charge < -0.3 is 10.4 Å². The molecule has 0 bridgehead atoms. The Balaban J connectivity index is 2.00. The van der Waals surface area contributed by atoms with E-state index in [1.807, 2.05) is 31.2 Å². The van der Waals surface area contributed by atoms with E-state index < -0.39 is 5.97 Å². The van der Waals surface area contributed by atoms with Crippen molar-refractivity contribution in [2.24, 2.45) is 0 Å². The van der Waals surface area contributed by atoms with E-state index in [2.05, 4.69) is 5.32 Å². The maximum absolute atomic E-state index is 12.0. The first-order chi connectivity index (χ1) is 10.5. The van der Waals surface area contributed by atoms with Gasteiger partial charge in [0, 0.05) is 6.42 Å². The number of nitrogens with one attached hydrogen (secondary N) is 1. The number of aryl methyl sites for hydroxylation is 2. The summed E-state index contributed by atoms with van der Waals surface area (Å²) in [6, 6.07) is 12.2. The number of benzene rings is 2. The lowest BCUT2D eigenvalue weighted by Gasteiger charge is -2.08. The highest BCUT2D eigenvalue weighted by Crippen LogP contribution is 2.23. The van der Waals surface area contributed by atoms with Crippen LogP contribution >= 0.6 is 11.6 Å². The second-order valence-corrected chi connectivity index (χ2v) is 5.44. The topological polar surface area (TPSA) is 66.4 Å². The summed E-state index contributed by atoms with van der Waals surface area (Å²) in [4.78, 5) is 22.9. The van der Waals surface area contributed by atoms with Crippen molar-refractivity contribution in [3.05, 3.63) is 64.2 Å². The van der Waals surface area contributed by atoms with Crippen LogP contribution in [-0.2, 0) is 11.2 Å². The molecule has 2 aromatic rings. The van der Waals surface area contributed by atoms with Gasteiger partial charge in [0.1, 0.15) is 0 Å². The number of hydrogen-bond acceptors (Lipinski definition) is 2. The van der Waals surface area contributed by atoms with Gasteiger partial charge in [0.25, 0.3) is 0 Å². The molecule has 0 aliphatic heterocycles. The predicted octanol–water partition coefficient (Wildman–Crippen LogP) is 3.92. The van der Waals surface area contributed by atoms with Gasteiger partial charge in [-0.25, -0.2) is 4.79 Å². The largest absolute Gasteiger partial charge is 0.478 e. The van der Waals surface area contributed by atoms with Gasteiger partial charge in [0.15, 0.2) is 0 Å². The average molecular weight is 318 g/mol. The smallest absolute Gasteiger partial charge is 0.335 e. The van der Waals surface area contributed by atoms with Crippen LogP contribution in [0.2, 0.25) is 5.02 Å². The molecular formula is C17H16ClNO3. The first-order valence-corrected chi connectivity index (χ1v) is 7.22. The zero-order valence-electron chi connectivity index (χ0n) is 12.1. The van der Waals surface area contributed by atoms with Crippen molar-refractivity contribution in [2.75, 3.05) is 5.32 Å². The highest BCUT2D eigenvalue weighted by Gasteiger charge is 2.10. The van der Waals surface area contributed by atoms with Crippen molar-refractivity contribution in [3.8, 4) is 0 Å². The number of carbonyl (C=O) groups excluding carboxylic acids is 1. The van der Waals surface area contributed by atoms with E-state index in [0.29, 0.717) is 23.6 Å². The molecule has 0 fully saturated rings. The molecule has 2 aromatic carbocycles. The van der Waals surface area contributed by atoms with E-state index in [1.54, 1.807) is 0 Å². The fourth-order valence-electron chi connectivity index (χ4n) is 2.09. The summed E-state index contributed by atoms with van der Waals surface area (Å²) in [5.74, 6) is -1.27. The van der Waals surface area contributed by atoms with E-state index in [-0.39, 0.29) is 11.5 Å². The van der Waals surface area contributed by atoms with E-state index >= 15 is 0 Å². The van der Waals surface area contributed by atoms with Crippen LogP contribution in [-0.4, -0.2) is 17.0 Å². The van der Waals surface area contributed by atoms with Crippen LogP contribution < -0.4 is 5.32 Å². The van der Waals surface area contributed by atoms with Crippen molar-refractivity contribution in [1.82, 2.24) is 0 Å². The third-order valence-corrected chi connectivity index (χ3v) is 3.54. The highest BCUT2D eigenvalue weighted by atomic mass is 35.5. The van der Waals surface area contributed by atoms with E-state index in [1.165, 1.54) is 18.2 Å². The minimum atomic E-state index is -1.06. The monoisotopic (exact) mass is 317 g/mol. The minimum absolute atomic E-state index is 0.0818. The molecule has 5 heteroatoms. The summed E-state index contributed by atoms with van der Waals surface area (Å²) in [6.45, 7) is 2.00. The Morgan fingerprint density at radius 1 is 1.18 bits per heavy atom. The third-order valence-electron chi connectivity index (χ3n) is 3.21. The van der Waals surface area contributed by atoms with Crippen LogP contribution in [0.15, 0.2) is 42.5 Å². The lowest BCUT2D eigenvalue weighted by molar-refractivity contribution is -0.116. The molecule has 0 saturated carbocycles. The SMILES string of the molecule is Cc1cccc(CCC(=O)Nc2cc(C(=O)O)ccc2Cl)c1. The first-order valence-electron chi connectivity index (χ1n) is 6.84. The molecule has 114 valence electrons. The quantitative estimate of drug-likeness (QED) is 0.878. The maximum atomic E-state index is 12.0. The molecule has 0 radical (unpaired) electrons. The lowest BCUT2D eigenvalue weighted by atomic mass is 10.1. The second-order valence-electron chi connectivity index (χ2n) is 5.04. The Morgan fingerprint density at radius 3 is 2.64 bits per heavy atom. The lowest BCUT2D eigenvalue weighted by Crippen LogP contribution is -2.13. The third kappa shape index (κ3) is 4.33. The number of carbonyl (C=O) groups is 2. The molecule has 0 aliphatic carbocycles. The number of hydrogen-bond donors (Lipinski definition) is 2. The number of halogens is 1. The number of aromatic carboxylic acids is 1.